The minimum absolute atomic E-state index is 0.0184. The third-order valence-electron chi connectivity index (χ3n) is 5.25. The molecule has 0 N–H and O–H groups in total. The number of sulfone groups is 1. The maximum Gasteiger partial charge on any atom is 0.257 e. The first-order valence-electron chi connectivity index (χ1n) is 10.4. The molecule has 0 atom stereocenters. The van der Waals surface area contributed by atoms with Crippen LogP contribution >= 0.6 is 0 Å². The summed E-state index contributed by atoms with van der Waals surface area (Å²) >= 11 is 0. The molecule has 7 nitrogen and oxygen atoms in total. The minimum Gasteiger partial charge on any atom is -0.492 e. The first-order chi connectivity index (χ1) is 15.5. The summed E-state index contributed by atoms with van der Waals surface area (Å²) in [6.07, 6.45) is 1.07. The Balaban J connectivity index is 1.80. The number of amides is 1. The largest absolute Gasteiger partial charge is 0.492 e. The van der Waals surface area contributed by atoms with Crippen LogP contribution in [0.3, 0.4) is 0 Å². The molecule has 3 rings (SSSR count). The molecule has 1 aliphatic heterocycles. The van der Waals surface area contributed by atoms with Crippen molar-refractivity contribution in [1.82, 2.24) is 4.90 Å². The zero-order valence-electron chi connectivity index (χ0n) is 18.6. The van der Waals surface area contributed by atoms with Crippen molar-refractivity contribution >= 4 is 21.4 Å². The van der Waals surface area contributed by atoms with Gasteiger partial charge in [0.1, 0.15) is 29.0 Å². The lowest BCUT2D eigenvalue weighted by molar-refractivity contribution is 0.0741. The molecule has 33 heavy (non-hydrogen) atoms. The predicted molar refractivity (Wildman–Crippen MR) is 119 cm³/mol. The summed E-state index contributed by atoms with van der Waals surface area (Å²) in [4.78, 5) is 16.5. The summed E-state index contributed by atoms with van der Waals surface area (Å²) in [6, 6.07) is 7.93. The Morgan fingerprint density at radius 2 is 1.73 bits per heavy atom. The van der Waals surface area contributed by atoms with Gasteiger partial charge in [0.2, 0.25) is 0 Å². The molecule has 0 aliphatic carbocycles. The molecule has 10 heteroatoms. The lowest BCUT2D eigenvalue weighted by Gasteiger charge is -2.36. The molecule has 0 saturated carbocycles. The van der Waals surface area contributed by atoms with Gasteiger partial charge in [0.05, 0.1) is 17.1 Å². The number of benzene rings is 2. The van der Waals surface area contributed by atoms with E-state index in [4.69, 9.17) is 10.00 Å². The number of carbonyl (C=O) groups is 1. The van der Waals surface area contributed by atoms with Crippen molar-refractivity contribution in [2.75, 3.05) is 43.9 Å². The van der Waals surface area contributed by atoms with Crippen LogP contribution in [0.2, 0.25) is 0 Å². The highest BCUT2D eigenvalue weighted by Gasteiger charge is 2.27. The summed E-state index contributed by atoms with van der Waals surface area (Å²) in [5.41, 5.74) is -0.189. The smallest absolute Gasteiger partial charge is 0.257 e. The molecule has 0 spiro atoms. The third-order valence-corrected chi connectivity index (χ3v) is 6.36. The van der Waals surface area contributed by atoms with Crippen molar-refractivity contribution in [1.29, 1.82) is 5.26 Å². The highest BCUT2D eigenvalue weighted by molar-refractivity contribution is 7.90. The zero-order valence-corrected chi connectivity index (χ0v) is 19.5. The van der Waals surface area contributed by atoms with Crippen molar-refractivity contribution in [2.24, 2.45) is 5.92 Å². The number of nitrogens with zero attached hydrogens (tertiary/aromatic N) is 3. The zero-order chi connectivity index (χ0) is 24.3. The molecule has 2 aromatic carbocycles. The molecule has 1 heterocycles. The Hall–Kier alpha value is -3.19. The number of hydrogen-bond acceptors (Lipinski definition) is 6. The van der Waals surface area contributed by atoms with Crippen LogP contribution in [0.4, 0.5) is 14.5 Å². The first kappa shape index (κ1) is 24.5. The van der Waals surface area contributed by atoms with E-state index in [2.05, 4.69) is 0 Å². The standard InChI is InChI=1S/C23H25F2N3O4S/c1-15(2)14-32-22-5-4-17(33(3,30)31)12-18(22)23(29)28-8-6-27(7-9-28)16-10-20(24)19(13-26)21(25)11-16/h4-5,10-12,15H,6-9,14H2,1-3H3. The summed E-state index contributed by atoms with van der Waals surface area (Å²) < 4.78 is 57.7. The van der Waals surface area contributed by atoms with Gasteiger partial charge in [-0.3, -0.25) is 4.79 Å². The van der Waals surface area contributed by atoms with Gasteiger partial charge in [-0.05, 0) is 36.2 Å². The maximum absolute atomic E-state index is 14.0. The highest BCUT2D eigenvalue weighted by Crippen LogP contribution is 2.27. The molecule has 1 aliphatic rings. The SMILES string of the molecule is CC(C)COc1ccc(S(C)(=O)=O)cc1C(=O)N1CCN(c2cc(F)c(C#N)c(F)c2)CC1. The fourth-order valence-electron chi connectivity index (χ4n) is 3.48. The Bertz CT molecular complexity index is 1180. The molecule has 0 aromatic heterocycles. The molecule has 2 aromatic rings. The summed E-state index contributed by atoms with van der Waals surface area (Å²) in [5.74, 6) is -1.73. The van der Waals surface area contributed by atoms with Gasteiger partial charge in [0.25, 0.3) is 5.91 Å². The number of ether oxygens (including phenoxy) is 1. The number of anilines is 1. The van der Waals surface area contributed by atoms with Crippen molar-refractivity contribution in [3.05, 3.63) is 53.1 Å². The van der Waals surface area contributed by atoms with Crippen LogP contribution in [0.25, 0.3) is 0 Å². The van der Waals surface area contributed by atoms with Gasteiger partial charge < -0.3 is 14.5 Å². The number of carbonyl (C=O) groups excluding carboxylic acids is 1. The van der Waals surface area contributed by atoms with Crippen LogP contribution in [0, 0.1) is 28.9 Å². The topological polar surface area (TPSA) is 90.7 Å². The number of halogens is 2. The van der Waals surface area contributed by atoms with E-state index in [1.54, 1.807) is 9.80 Å². The normalized spacial score (nSPS) is 14.3. The molecule has 1 fully saturated rings. The average molecular weight is 478 g/mol. The molecule has 176 valence electrons. The fourth-order valence-corrected chi connectivity index (χ4v) is 4.12. The lowest BCUT2D eigenvalue weighted by Crippen LogP contribution is -2.49. The van der Waals surface area contributed by atoms with Crippen LogP contribution in [0.1, 0.15) is 29.8 Å². The second-order valence-electron chi connectivity index (χ2n) is 8.31. The van der Waals surface area contributed by atoms with Crippen LogP contribution in [-0.2, 0) is 9.84 Å². The second-order valence-corrected chi connectivity index (χ2v) is 10.3. The first-order valence-corrected chi connectivity index (χ1v) is 12.3. The maximum atomic E-state index is 14.0. The minimum atomic E-state index is -3.52. The Morgan fingerprint density at radius 3 is 2.24 bits per heavy atom. The van der Waals surface area contributed by atoms with Crippen LogP contribution in [0.15, 0.2) is 35.2 Å². The van der Waals surface area contributed by atoms with E-state index in [0.29, 0.717) is 25.4 Å². The van der Waals surface area contributed by atoms with Crippen LogP contribution in [-0.4, -0.2) is 58.3 Å². The second kappa shape index (κ2) is 9.75. The molecular weight excluding hydrogens is 452 g/mol. The van der Waals surface area contributed by atoms with Crippen LogP contribution < -0.4 is 9.64 Å². The van der Waals surface area contributed by atoms with Gasteiger partial charge in [0, 0.05) is 38.1 Å². The number of hydrogen-bond donors (Lipinski definition) is 0. The Kier molecular flexibility index (Phi) is 7.22. The Morgan fingerprint density at radius 1 is 1.12 bits per heavy atom. The molecule has 0 radical (unpaired) electrons. The molecular formula is C23H25F2N3O4S. The van der Waals surface area contributed by atoms with Gasteiger partial charge in [-0.1, -0.05) is 13.8 Å². The van der Waals surface area contributed by atoms with Crippen molar-refractivity contribution in [3.63, 3.8) is 0 Å². The summed E-state index contributed by atoms with van der Waals surface area (Å²) in [6.45, 7) is 5.42. The highest BCUT2D eigenvalue weighted by atomic mass is 32.2. The van der Waals surface area contributed by atoms with E-state index in [1.807, 2.05) is 13.8 Å². The monoisotopic (exact) mass is 477 g/mol. The van der Waals surface area contributed by atoms with E-state index < -0.39 is 27.0 Å². The van der Waals surface area contributed by atoms with Crippen molar-refractivity contribution in [3.8, 4) is 11.8 Å². The van der Waals surface area contributed by atoms with Gasteiger partial charge >= 0.3 is 0 Å². The average Bonchev–Trinajstić information content (AvgIpc) is 2.76. The van der Waals surface area contributed by atoms with Crippen molar-refractivity contribution < 1.29 is 26.7 Å². The molecule has 1 amide bonds. The van der Waals surface area contributed by atoms with Gasteiger partial charge in [-0.25, -0.2) is 17.2 Å². The quantitative estimate of drug-likeness (QED) is 0.635. The number of piperazine rings is 1. The van der Waals surface area contributed by atoms with E-state index in [1.165, 1.54) is 24.3 Å². The number of rotatable bonds is 6. The van der Waals surface area contributed by atoms with E-state index in [9.17, 15) is 22.0 Å². The molecule has 1 saturated heterocycles. The molecule has 0 bridgehead atoms. The molecule has 0 unspecified atom stereocenters. The van der Waals surface area contributed by atoms with E-state index in [-0.39, 0.29) is 41.1 Å². The van der Waals surface area contributed by atoms with E-state index in [0.717, 1.165) is 18.4 Å². The summed E-state index contributed by atoms with van der Waals surface area (Å²) in [5, 5.41) is 8.83. The third kappa shape index (κ3) is 5.60. The van der Waals surface area contributed by atoms with E-state index >= 15 is 0 Å². The lowest BCUT2D eigenvalue weighted by atomic mass is 10.1. The number of nitriles is 1. The predicted octanol–water partition coefficient (Wildman–Crippen LogP) is 3.24. The Labute approximate surface area is 192 Å². The van der Waals surface area contributed by atoms with Gasteiger partial charge in [0.15, 0.2) is 9.84 Å². The van der Waals surface area contributed by atoms with Crippen LogP contribution in [0.5, 0.6) is 5.75 Å². The van der Waals surface area contributed by atoms with Crippen molar-refractivity contribution in [2.45, 2.75) is 18.7 Å². The van der Waals surface area contributed by atoms with Gasteiger partial charge in [-0.15, -0.1) is 0 Å². The fraction of sp³-hybridized carbons (Fsp3) is 0.391. The van der Waals surface area contributed by atoms with Gasteiger partial charge in [-0.2, -0.15) is 5.26 Å². The summed E-state index contributed by atoms with van der Waals surface area (Å²) in [7, 11) is -3.52.